The van der Waals surface area contributed by atoms with Gasteiger partial charge in [-0.3, -0.25) is 9.59 Å². The quantitative estimate of drug-likeness (QED) is 0.580. The van der Waals surface area contributed by atoms with Crippen molar-refractivity contribution < 1.29 is 19.8 Å². The summed E-state index contributed by atoms with van der Waals surface area (Å²) in [6.45, 7) is 0.164. The molecule has 0 saturated heterocycles. The minimum atomic E-state index is -0.731. The second kappa shape index (κ2) is 10.9. The molecule has 0 amide bonds. The van der Waals surface area contributed by atoms with E-state index in [1.54, 1.807) is 0 Å². The highest BCUT2D eigenvalue weighted by Crippen LogP contribution is 2.34. The number of hydrogen-bond acceptors (Lipinski definition) is 3. The molecule has 0 aromatic heterocycles. The van der Waals surface area contributed by atoms with Crippen LogP contribution < -0.4 is 0 Å². The standard InChI is InChI=1S/C22H30O4/c23-16-15-18-9-7-17(8-10-18)11-12-19-13-14-21(24)20(19)5-3-1-2-4-6-22(25)26/h7-12,19-20,23H,1-6,13-16H2,(H,25,26). The number of Topliss-reactive ketones (excluding diaryl/α,β-unsaturated/α-hetero) is 1. The highest BCUT2D eigenvalue weighted by molar-refractivity contribution is 5.84. The molecule has 1 aromatic carbocycles. The van der Waals surface area contributed by atoms with Gasteiger partial charge in [0.25, 0.3) is 0 Å². The molecule has 2 rings (SSSR count). The summed E-state index contributed by atoms with van der Waals surface area (Å²) in [7, 11) is 0. The van der Waals surface area contributed by atoms with Crippen molar-refractivity contribution in [3.63, 3.8) is 0 Å². The number of aliphatic carboxylic acids is 1. The first-order valence-corrected chi connectivity index (χ1v) is 9.72. The lowest BCUT2D eigenvalue weighted by molar-refractivity contribution is -0.137. The van der Waals surface area contributed by atoms with Crippen LogP contribution in [-0.2, 0) is 16.0 Å². The van der Waals surface area contributed by atoms with Gasteiger partial charge >= 0.3 is 5.97 Å². The Labute approximate surface area is 155 Å². The molecule has 2 unspecified atom stereocenters. The van der Waals surface area contributed by atoms with E-state index in [9.17, 15) is 9.59 Å². The molecule has 4 heteroatoms. The largest absolute Gasteiger partial charge is 0.481 e. The molecule has 0 heterocycles. The van der Waals surface area contributed by atoms with Crippen LogP contribution in [0.5, 0.6) is 0 Å². The van der Waals surface area contributed by atoms with Gasteiger partial charge in [0.2, 0.25) is 0 Å². The van der Waals surface area contributed by atoms with Crippen molar-refractivity contribution in [1.82, 2.24) is 0 Å². The number of allylic oxidation sites excluding steroid dienone is 1. The minimum Gasteiger partial charge on any atom is -0.481 e. The van der Waals surface area contributed by atoms with E-state index in [1.807, 2.05) is 12.1 Å². The summed E-state index contributed by atoms with van der Waals surface area (Å²) >= 11 is 0. The van der Waals surface area contributed by atoms with E-state index in [0.717, 1.165) is 49.7 Å². The third-order valence-electron chi connectivity index (χ3n) is 5.23. The van der Waals surface area contributed by atoms with Crippen LogP contribution in [0.4, 0.5) is 0 Å². The summed E-state index contributed by atoms with van der Waals surface area (Å²) in [4.78, 5) is 22.7. The second-order valence-electron chi connectivity index (χ2n) is 7.20. The number of aliphatic hydroxyl groups excluding tert-OH is 1. The van der Waals surface area contributed by atoms with Gasteiger partial charge in [0.1, 0.15) is 5.78 Å². The zero-order valence-electron chi connectivity index (χ0n) is 15.4. The maximum absolute atomic E-state index is 12.2. The molecule has 1 aliphatic rings. The van der Waals surface area contributed by atoms with Crippen molar-refractivity contribution in [3.05, 3.63) is 41.5 Å². The first-order chi connectivity index (χ1) is 12.6. The van der Waals surface area contributed by atoms with Crippen LogP contribution >= 0.6 is 0 Å². The number of carboxylic acid groups (broad SMARTS) is 1. The molecule has 1 saturated carbocycles. The fraction of sp³-hybridized carbons (Fsp3) is 0.545. The Hall–Kier alpha value is -1.94. The van der Waals surface area contributed by atoms with E-state index in [-0.39, 0.29) is 18.9 Å². The van der Waals surface area contributed by atoms with E-state index in [2.05, 4.69) is 24.3 Å². The molecular weight excluding hydrogens is 328 g/mol. The van der Waals surface area contributed by atoms with Gasteiger partial charge in [0.05, 0.1) is 0 Å². The van der Waals surface area contributed by atoms with Crippen LogP contribution in [0.2, 0.25) is 0 Å². The number of carbonyl (C=O) groups is 2. The minimum absolute atomic E-state index is 0.124. The molecule has 0 radical (unpaired) electrons. The van der Waals surface area contributed by atoms with Crippen LogP contribution in [0.15, 0.2) is 30.3 Å². The molecule has 142 valence electrons. The normalized spacial score (nSPS) is 20.1. The lowest BCUT2D eigenvalue weighted by Crippen LogP contribution is -2.13. The van der Waals surface area contributed by atoms with E-state index >= 15 is 0 Å². The van der Waals surface area contributed by atoms with Crippen LogP contribution in [0, 0.1) is 11.8 Å². The molecule has 4 nitrogen and oxygen atoms in total. The molecule has 2 atom stereocenters. The van der Waals surface area contributed by atoms with Crippen LogP contribution in [0.1, 0.15) is 62.5 Å². The van der Waals surface area contributed by atoms with Crippen molar-refractivity contribution in [1.29, 1.82) is 0 Å². The molecule has 0 bridgehead atoms. The number of unbranched alkanes of at least 4 members (excludes halogenated alkanes) is 3. The number of rotatable bonds is 11. The summed E-state index contributed by atoms with van der Waals surface area (Å²) in [5.74, 6) is 0.0899. The van der Waals surface area contributed by atoms with Crippen LogP contribution in [0.3, 0.4) is 0 Å². The fourth-order valence-corrected chi connectivity index (χ4v) is 3.69. The third-order valence-corrected chi connectivity index (χ3v) is 5.23. The van der Waals surface area contributed by atoms with Crippen molar-refractivity contribution in [2.24, 2.45) is 11.8 Å². The van der Waals surface area contributed by atoms with Gasteiger partial charge in [0.15, 0.2) is 0 Å². The average Bonchev–Trinajstić information content (AvgIpc) is 2.97. The van der Waals surface area contributed by atoms with E-state index in [4.69, 9.17) is 10.2 Å². The summed E-state index contributed by atoms with van der Waals surface area (Å²) in [6.07, 6.45) is 11.4. The summed E-state index contributed by atoms with van der Waals surface area (Å²) in [5, 5.41) is 17.6. The highest BCUT2D eigenvalue weighted by Gasteiger charge is 2.32. The van der Waals surface area contributed by atoms with E-state index < -0.39 is 5.97 Å². The molecule has 1 fully saturated rings. The molecule has 1 aliphatic carbocycles. The number of carboxylic acids is 1. The van der Waals surface area contributed by atoms with Crippen LogP contribution in [-0.4, -0.2) is 28.6 Å². The number of ketones is 1. The summed E-state index contributed by atoms with van der Waals surface area (Å²) < 4.78 is 0. The predicted molar refractivity (Wildman–Crippen MR) is 103 cm³/mol. The number of benzene rings is 1. The Balaban J connectivity index is 1.79. The van der Waals surface area contributed by atoms with Gasteiger partial charge in [-0.05, 0) is 42.7 Å². The lowest BCUT2D eigenvalue weighted by Gasteiger charge is -2.14. The maximum atomic E-state index is 12.2. The number of carbonyl (C=O) groups excluding carboxylic acids is 1. The Morgan fingerprint density at radius 3 is 2.54 bits per heavy atom. The van der Waals surface area contributed by atoms with Gasteiger partial charge in [-0.25, -0.2) is 0 Å². The maximum Gasteiger partial charge on any atom is 0.303 e. The van der Waals surface area contributed by atoms with Crippen molar-refractivity contribution in [2.75, 3.05) is 6.61 Å². The molecule has 0 spiro atoms. The number of hydrogen-bond donors (Lipinski definition) is 2. The third kappa shape index (κ3) is 6.75. The monoisotopic (exact) mass is 358 g/mol. The predicted octanol–water partition coefficient (Wildman–Crippen LogP) is 4.26. The average molecular weight is 358 g/mol. The Morgan fingerprint density at radius 1 is 1.12 bits per heavy atom. The van der Waals surface area contributed by atoms with Gasteiger partial charge < -0.3 is 10.2 Å². The van der Waals surface area contributed by atoms with E-state index in [1.165, 1.54) is 0 Å². The zero-order chi connectivity index (χ0) is 18.8. The first kappa shape index (κ1) is 20.4. The topological polar surface area (TPSA) is 74.6 Å². The Bertz CT molecular complexity index is 603. The molecule has 2 N–H and O–H groups in total. The fourth-order valence-electron chi connectivity index (χ4n) is 3.69. The Kier molecular flexibility index (Phi) is 8.56. The molecular formula is C22H30O4. The molecule has 1 aromatic rings. The van der Waals surface area contributed by atoms with Gasteiger partial charge in [0, 0.05) is 25.4 Å². The van der Waals surface area contributed by atoms with Crippen molar-refractivity contribution in [3.8, 4) is 0 Å². The van der Waals surface area contributed by atoms with E-state index in [0.29, 0.717) is 24.5 Å². The summed E-state index contributed by atoms with van der Waals surface area (Å²) in [6, 6.07) is 8.17. The van der Waals surface area contributed by atoms with Crippen molar-refractivity contribution in [2.45, 2.75) is 57.8 Å². The van der Waals surface area contributed by atoms with Gasteiger partial charge in [-0.2, -0.15) is 0 Å². The molecule has 0 aliphatic heterocycles. The SMILES string of the molecule is O=C(O)CCCCCCC1C(=O)CCC1C=Cc1ccc(CCO)cc1. The Morgan fingerprint density at radius 2 is 1.85 bits per heavy atom. The van der Waals surface area contributed by atoms with Crippen LogP contribution in [0.25, 0.3) is 6.08 Å². The highest BCUT2D eigenvalue weighted by atomic mass is 16.4. The van der Waals surface area contributed by atoms with Gasteiger partial charge in [-0.1, -0.05) is 55.7 Å². The zero-order valence-corrected chi connectivity index (χ0v) is 15.4. The van der Waals surface area contributed by atoms with Crippen molar-refractivity contribution >= 4 is 17.8 Å². The number of aliphatic hydroxyl groups is 1. The molecule has 26 heavy (non-hydrogen) atoms. The lowest BCUT2D eigenvalue weighted by atomic mass is 9.89. The van der Waals surface area contributed by atoms with Gasteiger partial charge in [-0.15, -0.1) is 0 Å². The second-order valence-corrected chi connectivity index (χ2v) is 7.20. The summed E-state index contributed by atoms with van der Waals surface area (Å²) in [5.41, 5.74) is 2.25. The smallest absolute Gasteiger partial charge is 0.303 e. The first-order valence-electron chi connectivity index (χ1n) is 9.72.